The average molecular weight is 507 g/mol. The molecule has 11 atom stereocenters. The van der Waals surface area contributed by atoms with Crippen LogP contribution in [0.3, 0.4) is 0 Å². The molecule has 4 aliphatic rings. The second kappa shape index (κ2) is 10.8. The Labute approximate surface area is 217 Å². The summed E-state index contributed by atoms with van der Waals surface area (Å²) >= 11 is 0. The van der Waals surface area contributed by atoms with Crippen molar-refractivity contribution >= 4 is 12.0 Å². The van der Waals surface area contributed by atoms with Crippen molar-refractivity contribution in [2.75, 3.05) is 20.2 Å². The number of carbonyl (C=O) groups is 2. The first-order valence-electron chi connectivity index (χ1n) is 14.5. The third-order valence-electron chi connectivity index (χ3n) is 11.6. The molecular formula is C29H50N2O5. The van der Waals surface area contributed by atoms with Crippen LogP contribution < -0.4 is 10.6 Å². The van der Waals surface area contributed by atoms with Crippen LogP contribution in [0.4, 0.5) is 4.79 Å². The predicted octanol–water partition coefficient (Wildman–Crippen LogP) is 4.11. The lowest BCUT2D eigenvalue weighted by Gasteiger charge is -2.64. The van der Waals surface area contributed by atoms with E-state index in [9.17, 15) is 19.8 Å². The van der Waals surface area contributed by atoms with Gasteiger partial charge in [0.15, 0.2) is 0 Å². The number of hydrogen-bond donors (Lipinski definition) is 4. The Morgan fingerprint density at radius 1 is 1.03 bits per heavy atom. The maximum absolute atomic E-state index is 11.9. The Balaban J connectivity index is 1.42. The van der Waals surface area contributed by atoms with Gasteiger partial charge in [-0.25, -0.2) is 4.79 Å². The fourth-order valence-electron chi connectivity index (χ4n) is 9.76. The molecule has 4 rings (SSSR count). The van der Waals surface area contributed by atoms with Crippen molar-refractivity contribution in [1.29, 1.82) is 0 Å². The molecule has 0 saturated heterocycles. The van der Waals surface area contributed by atoms with Crippen molar-refractivity contribution in [1.82, 2.24) is 10.6 Å². The van der Waals surface area contributed by atoms with Crippen molar-refractivity contribution in [3.05, 3.63) is 0 Å². The Hall–Kier alpha value is -1.34. The SMILES string of the molecule is CC[C@H]1[C@@H](O)[C@H]2[C@@H]3CC[C@H]([C@H](C)CCOC(=O)NCC(=O)NC)C3(C)CC[C@@H]2[C@@]2(C)CC[C@@H](O)C[C@@H]12. The van der Waals surface area contributed by atoms with Gasteiger partial charge in [-0.15, -0.1) is 0 Å². The van der Waals surface area contributed by atoms with Crippen molar-refractivity contribution in [3.8, 4) is 0 Å². The highest BCUT2D eigenvalue weighted by molar-refractivity contribution is 5.81. The number of aliphatic hydroxyl groups excluding tert-OH is 2. The van der Waals surface area contributed by atoms with E-state index in [2.05, 4.69) is 38.3 Å². The number of alkyl carbamates (subject to hydrolysis) is 1. The molecule has 0 radical (unpaired) electrons. The highest BCUT2D eigenvalue weighted by Crippen LogP contribution is 2.69. The summed E-state index contributed by atoms with van der Waals surface area (Å²) in [7, 11) is 1.53. The Bertz CT molecular complexity index is 807. The zero-order chi connectivity index (χ0) is 26.3. The van der Waals surface area contributed by atoms with Gasteiger partial charge >= 0.3 is 6.09 Å². The maximum atomic E-state index is 11.9. The topological polar surface area (TPSA) is 108 Å². The smallest absolute Gasteiger partial charge is 0.407 e. The third kappa shape index (κ3) is 4.79. The van der Waals surface area contributed by atoms with E-state index < -0.39 is 6.09 Å². The monoisotopic (exact) mass is 506 g/mol. The van der Waals surface area contributed by atoms with E-state index in [0.29, 0.717) is 42.1 Å². The van der Waals surface area contributed by atoms with Gasteiger partial charge in [0.05, 0.1) is 25.4 Å². The summed E-state index contributed by atoms with van der Waals surface area (Å²) in [6.45, 7) is 9.76. The molecular weight excluding hydrogens is 456 g/mol. The molecule has 0 aliphatic heterocycles. The van der Waals surface area contributed by atoms with Crippen LogP contribution in [-0.2, 0) is 9.53 Å². The minimum atomic E-state index is -0.543. The van der Waals surface area contributed by atoms with Crippen molar-refractivity contribution in [2.24, 2.45) is 52.3 Å². The van der Waals surface area contributed by atoms with Gasteiger partial charge < -0.3 is 25.6 Å². The number of fused-ring (bicyclic) bond motifs is 5. The van der Waals surface area contributed by atoms with Crippen LogP contribution in [0.1, 0.15) is 85.5 Å². The van der Waals surface area contributed by atoms with Crippen molar-refractivity contribution in [3.63, 3.8) is 0 Å². The van der Waals surface area contributed by atoms with E-state index in [-0.39, 0.29) is 41.4 Å². The molecule has 0 aromatic carbocycles. The predicted molar refractivity (Wildman–Crippen MR) is 139 cm³/mol. The second-order valence-corrected chi connectivity index (χ2v) is 13.1. The molecule has 1 unspecified atom stereocenters. The van der Waals surface area contributed by atoms with Gasteiger partial charge in [-0.05, 0) is 104 Å². The molecule has 4 N–H and O–H groups in total. The molecule has 206 valence electrons. The number of aliphatic hydroxyl groups is 2. The highest BCUT2D eigenvalue weighted by atomic mass is 16.5. The van der Waals surface area contributed by atoms with E-state index in [1.54, 1.807) is 0 Å². The minimum Gasteiger partial charge on any atom is -0.450 e. The van der Waals surface area contributed by atoms with Crippen molar-refractivity contribution < 1.29 is 24.5 Å². The minimum absolute atomic E-state index is 0.0738. The largest absolute Gasteiger partial charge is 0.450 e. The quantitative estimate of drug-likeness (QED) is 0.416. The summed E-state index contributed by atoms with van der Waals surface area (Å²) in [5.74, 6) is 2.89. The van der Waals surface area contributed by atoms with Crippen LogP contribution in [0.5, 0.6) is 0 Å². The molecule has 0 aromatic heterocycles. The summed E-state index contributed by atoms with van der Waals surface area (Å²) in [5.41, 5.74) is 0.434. The fraction of sp³-hybridized carbons (Fsp3) is 0.931. The second-order valence-electron chi connectivity index (χ2n) is 13.1. The van der Waals surface area contributed by atoms with E-state index >= 15 is 0 Å². The van der Waals surface area contributed by atoms with E-state index in [1.807, 2.05) is 0 Å². The van der Waals surface area contributed by atoms with Crippen LogP contribution in [0.15, 0.2) is 0 Å². The molecule has 7 nitrogen and oxygen atoms in total. The van der Waals surface area contributed by atoms with Gasteiger partial charge in [-0.2, -0.15) is 0 Å². The van der Waals surface area contributed by atoms with Crippen LogP contribution >= 0.6 is 0 Å². The Morgan fingerprint density at radius 3 is 2.42 bits per heavy atom. The van der Waals surface area contributed by atoms with Gasteiger partial charge in [0, 0.05) is 7.05 Å². The standard InChI is InChI=1S/C29H50N2O5/c1-6-19-23-15-18(32)9-12-29(23,4)22-10-13-28(3)20(7-8-21(28)25(22)26(19)34)17(2)11-14-36-27(35)31-16-24(33)30-5/h17-23,25-26,32,34H,6-16H2,1-5H3,(H,30,33)(H,31,35)/t17-,18-,19-,20-,21+,22+,23+,25+,26-,28?,29-/m1/s1. The lowest BCUT2D eigenvalue weighted by Crippen LogP contribution is -2.62. The zero-order valence-corrected chi connectivity index (χ0v) is 23.1. The van der Waals surface area contributed by atoms with Crippen LogP contribution in [0.2, 0.25) is 0 Å². The van der Waals surface area contributed by atoms with Crippen LogP contribution in [0.25, 0.3) is 0 Å². The van der Waals surface area contributed by atoms with Gasteiger partial charge in [-0.3, -0.25) is 4.79 Å². The third-order valence-corrected chi connectivity index (χ3v) is 11.6. The van der Waals surface area contributed by atoms with Crippen molar-refractivity contribution in [2.45, 2.75) is 97.7 Å². The van der Waals surface area contributed by atoms with E-state index in [0.717, 1.165) is 32.1 Å². The zero-order valence-electron chi connectivity index (χ0n) is 23.1. The van der Waals surface area contributed by atoms with Gasteiger partial charge in [0.2, 0.25) is 5.91 Å². The number of rotatable bonds is 7. The van der Waals surface area contributed by atoms with Gasteiger partial charge in [-0.1, -0.05) is 34.1 Å². The summed E-state index contributed by atoms with van der Waals surface area (Å²) in [6.07, 6.45) is 8.36. The number of nitrogens with one attached hydrogen (secondary N) is 2. The summed E-state index contributed by atoms with van der Waals surface area (Å²) < 4.78 is 5.36. The molecule has 4 aliphatic carbocycles. The first-order chi connectivity index (χ1) is 17.1. The van der Waals surface area contributed by atoms with Crippen LogP contribution in [0, 0.1) is 52.3 Å². The molecule has 36 heavy (non-hydrogen) atoms. The maximum Gasteiger partial charge on any atom is 0.407 e. The first-order valence-corrected chi connectivity index (χ1v) is 14.5. The fourth-order valence-corrected chi connectivity index (χ4v) is 9.76. The molecule has 7 heteroatoms. The lowest BCUT2D eigenvalue weighted by atomic mass is 9.41. The van der Waals surface area contributed by atoms with E-state index in [1.165, 1.54) is 32.7 Å². The first kappa shape index (κ1) is 27.7. The number of carbonyl (C=O) groups excluding carboxylic acids is 2. The number of likely N-dealkylation sites (N-methyl/N-ethyl adjacent to an activating group) is 1. The lowest BCUT2D eigenvalue weighted by molar-refractivity contribution is -0.203. The molecule has 0 spiro atoms. The molecule has 2 amide bonds. The number of hydrogen-bond acceptors (Lipinski definition) is 5. The molecule has 0 bridgehead atoms. The molecule has 4 fully saturated rings. The molecule has 0 heterocycles. The van der Waals surface area contributed by atoms with Gasteiger partial charge in [0.1, 0.15) is 0 Å². The number of amides is 2. The Morgan fingerprint density at radius 2 is 1.72 bits per heavy atom. The van der Waals surface area contributed by atoms with Gasteiger partial charge in [0.25, 0.3) is 0 Å². The molecule has 0 aromatic rings. The Kier molecular flexibility index (Phi) is 8.31. The average Bonchev–Trinajstić information content (AvgIpc) is 3.21. The van der Waals surface area contributed by atoms with Crippen LogP contribution in [-0.4, -0.2) is 54.6 Å². The summed E-state index contributed by atoms with van der Waals surface area (Å²) in [6, 6.07) is 0. The molecule has 4 saturated carbocycles. The highest BCUT2D eigenvalue weighted by Gasteiger charge is 2.64. The number of ether oxygens (including phenoxy) is 1. The summed E-state index contributed by atoms with van der Waals surface area (Å²) in [5, 5.41) is 27.3. The van der Waals surface area contributed by atoms with E-state index in [4.69, 9.17) is 4.74 Å². The summed E-state index contributed by atoms with van der Waals surface area (Å²) in [4.78, 5) is 23.2. The normalized spacial score (nSPS) is 44.5.